The average Bonchev–Trinajstić information content (AvgIpc) is 3.07. The molecule has 5 rings (SSSR count). The molecule has 0 saturated heterocycles. The Labute approximate surface area is 278 Å². The molecule has 46 heavy (non-hydrogen) atoms. The van der Waals surface area contributed by atoms with Crippen LogP contribution in [0, 0.1) is 5.82 Å². The van der Waals surface area contributed by atoms with E-state index in [0.29, 0.717) is 4.47 Å². The first kappa shape index (κ1) is 33.3. The van der Waals surface area contributed by atoms with Gasteiger partial charge in [-0.2, -0.15) is 0 Å². The van der Waals surface area contributed by atoms with Crippen LogP contribution >= 0.6 is 15.9 Å². The number of carbonyl (C=O) groups is 2. The maximum absolute atomic E-state index is 15.1. The van der Waals surface area contributed by atoms with Crippen LogP contribution in [0.5, 0.6) is 0 Å². The van der Waals surface area contributed by atoms with Gasteiger partial charge in [0.2, 0.25) is 11.8 Å². The van der Waals surface area contributed by atoms with Crippen LogP contribution in [0.2, 0.25) is 0 Å². The summed E-state index contributed by atoms with van der Waals surface area (Å²) in [6, 6.07) is 28.9. The summed E-state index contributed by atoms with van der Waals surface area (Å²) >= 11 is 3.42. The fourth-order valence-electron chi connectivity index (χ4n) is 5.79. The van der Waals surface area contributed by atoms with Gasteiger partial charge < -0.3 is 10.2 Å². The van der Waals surface area contributed by atoms with Crippen molar-refractivity contribution in [3.8, 4) is 0 Å². The van der Waals surface area contributed by atoms with Crippen molar-refractivity contribution < 1.29 is 22.4 Å². The van der Waals surface area contributed by atoms with Gasteiger partial charge >= 0.3 is 0 Å². The van der Waals surface area contributed by atoms with E-state index >= 15 is 4.39 Å². The number of hydrogen-bond acceptors (Lipinski definition) is 4. The predicted molar refractivity (Wildman–Crippen MR) is 181 cm³/mol. The van der Waals surface area contributed by atoms with E-state index in [9.17, 15) is 18.0 Å². The molecule has 4 aromatic carbocycles. The Morgan fingerprint density at radius 3 is 2.17 bits per heavy atom. The van der Waals surface area contributed by atoms with Crippen molar-refractivity contribution in [2.45, 2.75) is 62.0 Å². The second-order valence-electron chi connectivity index (χ2n) is 11.5. The molecule has 10 heteroatoms. The lowest BCUT2D eigenvalue weighted by Gasteiger charge is -2.35. The normalized spacial score (nSPS) is 14.3. The summed E-state index contributed by atoms with van der Waals surface area (Å²) in [6.07, 6.45) is 4.98. The maximum Gasteiger partial charge on any atom is 0.264 e. The van der Waals surface area contributed by atoms with Crippen LogP contribution in [-0.2, 0) is 32.6 Å². The number of benzene rings is 4. The highest BCUT2D eigenvalue weighted by Gasteiger charge is 2.35. The Hall–Kier alpha value is -4.02. The van der Waals surface area contributed by atoms with Gasteiger partial charge in [-0.3, -0.25) is 13.9 Å². The molecule has 1 aliphatic rings. The van der Waals surface area contributed by atoms with Gasteiger partial charge in [-0.15, -0.1) is 0 Å². The third kappa shape index (κ3) is 8.41. The van der Waals surface area contributed by atoms with Gasteiger partial charge in [0.05, 0.1) is 10.6 Å². The van der Waals surface area contributed by atoms with Crippen molar-refractivity contribution in [1.29, 1.82) is 0 Å². The van der Waals surface area contributed by atoms with Crippen molar-refractivity contribution >= 4 is 43.5 Å². The number of carbonyl (C=O) groups excluding carboxylic acids is 2. The zero-order valence-corrected chi connectivity index (χ0v) is 27.8. The number of rotatable bonds is 12. The fourth-order valence-corrected chi connectivity index (χ4v) is 7.60. The lowest BCUT2D eigenvalue weighted by Crippen LogP contribution is -2.55. The van der Waals surface area contributed by atoms with E-state index < -0.39 is 34.3 Å². The zero-order chi connectivity index (χ0) is 32.5. The molecule has 1 unspecified atom stereocenters. The lowest BCUT2D eigenvalue weighted by atomic mass is 9.94. The van der Waals surface area contributed by atoms with Crippen molar-refractivity contribution in [2.75, 3.05) is 10.8 Å². The minimum Gasteiger partial charge on any atom is -0.352 e. The molecule has 240 valence electrons. The molecule has 7 nitrogen and oxygen atoms in total. The van der Waals surface area contributed by atoms with Crippen LogP contribution in [0.4, 0.5) is 10.1 Å². The highest BCUT2D eigenvalue weighted by Crippen LogP contribution is 2.28. The summed E-state index contributed by atoms with van der Waals surface area (Å²) in [4.78, 5) is 30.0. The molecule has 0 aliphatic heterocycles. The standard InChI is InChI=1S/C36H37BrFN3O4S/c37-29-16-12-19-31(24-29)41(46(44,45)32-20-8-3-9-21-32)26-35(42)40(25-28-15-10-11-22-33(28)38)34(23-27-13-4-1-5-14-27)36(43)39-30-17-6-2-7-18-30/h1,3-5,8-16,19-22,24,30,34H,2,6-7,17-18,23,25-26H2,(H,39,43). The number of nitrogens with one attached hydrogen (secondary N) is 1. The van der Waals surface area contributed by atoms with E-state index in [1.165, 1.54) is 23.1 Å². The largest absolute Gasteiger partial charge is 0.352 e. The Kier molecular flexibility index (Phi) is 11.2. The summed E-state index contributed by atoms with van der Waals surface area (Å²) in [6.45, 7) is -0.830. The Morgan fingerprint density at radius 1 is 0.848 bits per heavy atom. The van der Waals surface area contributed by atoms with Crippen LogP contribution in [0.3, 0.4) is 0 Å². The molecule has 1 N–H and O–H groups in total. The minimum atomic E-state index is -4.22. The lowest BCUT2D eigenvalue weighted by molar-refractivity contribution is -0.140. The summed E-state index contributed by atoms with van der Waals surface area (Å²) in [5.74, 6) is -1.50. The molecule has 1 aliphatic carbocycles. The molecule has 4 aromatic rings. The predicted octanol–water partition coefficient (Wildman–Crippen LogP) is 6.87. The van der Waals surface area contributed by atoms with E-state index in [1.54, 1.807) is 60.7 Å². The van der Waals surface area contributed by atoms with E-state index in [1.807, 2.05) is 30.3 Å². The third-order valence-electron chi connectivity index (χ3n) is 8.23. The number of amides is 2. The summed E-state index contributed by atoms with van der Waals surface area (Å²) in [5.41, 5.74) is 1.31. The Bertz CT molecular complexity index is 1730. The molecule has 1 fully saturated rings. The van der Waals surface area contributed by atoms with Crippen LogP contribution in [0.1, 0.15) is 43.2 Å². The van der Waals surface area contributed by atoms with Crippen molar-refractivity contribution in [3.05, 3.63) is 131 Å². The van der Waals surface area contributed by atoms with E-state index in [4.69, 9.17) is 0 Å². The van der Waals surface area contributed by atoms with Gasteiger partial charge in [0.25, 0.3) is 10.0 Å². The molecule has 0 aromatic heterocycles. The number of nitrogens with zero attached hydrogens (tertiary/aromatic N) is 2. The third-order valence-corrected chi connectivity index (χ3v) is 10.5. The van der Waals surface area contributed by atoms with E-state index in [0.717, 1.165) is 42.0 Å². The first-order valence-corrected chi connectivity index (χ1v) is 17.7. The first-order chi connectivity index (χ1) is 22.2. The van der Waals surface area contributed by atoms with E-state index in [2.05, 4.69) is 21.2 Å². The molecule has 0 bridgehead atoms. The van der Waals surface area contributed by atoms with Gasteiger partial charge in [0.15, 0.2) is 0 Å². The van der Waals surface area contributed by atoms with Gasteiger partial charge in [0.1, 0.15) is 18.4 Å². The quantitative estimate of drug-likeness (QED) is 0.174. The van der Waals surface area contributed by atoms with Crippen LogP contribution in [0.25, 0.3) is 0 Å². The smallest absolute Gasteiger partial charge is 0.264 e. The van der Waals surface area contributed by atoms with Crippen molar-refractivity contribution in [3.63, 3.8) is 0 Å². The fraction of sp³-hybridized carbons (Fsp3) is 0.278. The topological polar surface area (TPSA) is 86.8 Å². The van der Waals surface area contributed by atoms with Crippen LogP contribution < -0.4 is 9.62 Å². The highest BCUT2D eigenvalue weighted by molar-refractivity contribution is 9.10. The second kappa shape index (κ2) is 15.5. The van der Waals surface area contributed by atoms with Crippen LogP contribution in [0.15, 0.2) is 119 Å². The van der Waals surface area contributed by atoms with Crippen molar-refractivity contribution in [2.24, 2.45) is 0 Å². The Morgan fingerprint density at radius 2 is 1.50 bits per heavy atom. The molecule has 2 amide bonds. The van der Waals surface area contributed by atoms with Gasteiger partial charge in [-0.1, -0.05) is 108 Å². The molecule has 0 spiro atoms. The molecule has 1 saturated carbocycles. The zero-order valence-electron chi connectivity index (χ0n) is 25.4. The number of halogens is 2. The van der Waals surface area contributed by atoms with Crippen LogP contribution in [-0.4, -0.2) is 43.8 Å². The van der Waals surface area contributed by atoms with Crippen molar-refractivity contribution in [1.82, 2.24) is 10.2 Å². The second-order valence-corrected chi connectivity index (χ2v) is 14.2. The molecular formula is C36H37BrFN3O4S. The van der Waals surface area contributed by atoms with Gasteiger partial charge in [-0.05, 0) is 54.8 Å². The summed E-state index contributed by atoms with van der Waals surface area (Å²) < 4.78 is 44.9. The molecule has 0 radical (unpaired) electrons. The summed E-state index contributed by atoms with van der Waals surface area (Å²) in [7, 11) is -4.22. The van der Waals surface area contributed by atoms with Gasteiger partial charge in [0, 0.05) is 29.0 Å². The Balaban J connectivity index is 1.56. The number of hydrogen-bond donors (Lipinski definition) is 1. The number of anilines is 1. The summed E-state index contributed by atoms with van der Waals surface area (Å²) in [5, 5.41) is 3.16. The SMILES string of the molecule is O=C(NC1CCCCC1)C(Cc1ccccc1)N(Cc1ccccc1F)C(=O)CN(c1cccc(Br)c1)S(=O)(=O)c1ccccc1. The monoisotopic (exact) mass is 705 g/mol. The highest BCUT2D eigenvalue weighted by atomic mass is 79.9. The number of sulfonamides is 1. The maximum atomic E-state index is 15.1. The van der Waals surface area contributed by atoms with E-state index in [-0.39, 0.29) is 41.1 Å². The molecule has 0 heterocycles. The molecule has 1 atom stereocenters. The minimum absolute atomic E-state index is 0.0132. The first-order valence-electron chi connectivity index (χ1n) is 15.4. The average molecular weight is 707 g/mol. The van der Waals surface area contributed by atoms with Gasteiger partial charge in [-0.25, -0.2) is 12.8 Å². The molecular weight excluding hydrogens is 669 g/mol.